The molecule has 24 heavy (non-hydrogen) atoms. The topological polar surface area (TPSA) is 74.6 Å². The van der Waals surface area contributed by atoms with E-state index in [1.54, 1.807) is 0 Å². The van der Waals surface area contributed by atoms with Crippen LogP contribution in [0.2, 0.25) is 0 Å². The van der Waals surface area contributed by atoms with Gasteiger partial charge in [-0.25, -0.2) is 0 Å². The van der Waals surface area contributed by atoms with E-state index in [0.29, 0.717) is 11.8 Å². The average molecular weight is 345 g/mol. The summed E-state index contributed by atoms with van der Waals surface area (Å²) in [7, 11) is 0. The molecule has 0 aromatic heterocycles. The molecule has 0 aliphatic rings. The summed E-state index contributed by atoms with van der Waals surface area (Å²) >= 11 is 0. The summed E-state index contributed by atoms with van der Waals surface area (Å²) in [6.07, 6.45) is 9.40. The first-order valence-corrected chi connectivity index (χ1v) is 9.43. The minimum atomic E-state index is -0.675. The molecule has 0 aromatic rings. The highest BCUT2D eigenvalue weighted by Crippen LogP contribution is 2.28. The molecule has 0 fully saturated rings. The lowest BCUT2D eigenvalue weighted by atomic mass is 9.82. The van der Waals surface area contributed by atoms with Crippen molar-refractivity contribution in [3.63, 3.8) is 0 Å². The van der Waals surface area contributed by atoms with Crippen LogP contribution < -0.4 is 0 Å². The molecule has 0 bridgehead atoms. The molecule has 4 heteroatoms. The molecule has 4 nitrogen and oxygen atoms in total. The number of hydrogen-bond donors (Lipinski definition) is 2. The van der Waals surface area contributed by atoms with Crippen molar-refractivity contribution in [2.24, 2.45) is 10.8 Å². The zero-order chi connectivity index (χ0) is 19.2. The summed E-state index contributed by atoms with van der Waals surface area (Å²) in [5, 5.41) is 17.3. The van der Waals surface area contributed by atoms with Crippen molar-refractivity contribution in [3.8, 4) is 0 Å². The Kier molecular flexibility index (Phi) is 13.9. The third kappa shape index (κ3) is 15.8. The second-order valence-corrected chi connectivity index (χ2v) is 8.19. The number of carboxylic acids is 2. The third-order valence-electron chi connectivity index (χ3n) is 4.45. The van der Waals surface area contributed by atoms with Gasteiger partial charge in [-0.2, -0.15) is 0 Å². The van der Waals surface area contributed by atoms with Crippen molar-refractivity contribution in [1.29, 1.82) is 0 Å². The van der Waals surface area contributed by atoms with Crippen LogP contribution >= 0.6 is 0 Å². The Morgan fingerprint density at radius 2 is 1.33 bits per heavy atom. The van der Waals surface area contributed by atoms with Crippen molar-refractivity contribution in [2.45, 2.75) is 106 Å². The Hall–Kier alpha value is -1.06. The van der Waals surface area contributed by atoms with Gasteiger partial charge in [-0.3, -0.25) is 9.59 Å². The Balaban J connectivity index is 0. The fraction of sp³-hybridized carbons (Fsp3) is 0.900. The van der Waals surface area contributed by atoms with Crippen molar-refractivity contribution in [3.05, 3.63) is 0 Å². The van der Waals surface area contributed by atoms with E-state index in [9.17, 15) is 9.59 Å². The van der Waals surface area contributed by atoms with Gasteiger partial charge in [0.25, 0.3) is 0 Å². The highest BCUT2D eigenvalue weighted by molar-refractivity contribution is 5.73. The van der Waals surface area contributed by atoms with Gasteiger partial charge in [0.05, 0.1) is 5.41 Å². The molecule has 2 N–H and O–H groups in total. The van der Waals surface area contributed by atoms with E-state index in [0.717, 1.165) is 51.4 Å². The van der Waals surface area contributed by atoms with E-state index < -0.39 is 17.4 Å². The number of unbranched alkanes of at least 4 members (excludes halogenated alkanes) is 4. The molecule has 0 spiro atoms. The quantitative estimate of drug-likeness (QED) is 0.442. The van der Waals surface area contributed by atoms with E-state index in [-0.39, 0.29) is 0 Å². The molecule has 1 unspecified atom stereocenters. The van der Waals surface area contributed by atoms with Gasteiger partial charge in [-0.1, -0.05) is 66.7 Å². The van der Waals surface area contributed by atoms with E-state index in [1.807, 2.05) is 13.8 Å². The molecule has 0 aliphatic carbocycles. The maximum Gasteiger partial charge on any atom is 0.309 e. The Morgan fingerprint density at radius 1 is 0.792 bits per heavy atom. The normalized spacial score (nSPS) is 13.6. The van der Waals surface area contributed by atoms with Gasteiger partial charge >= 0.3 is 11.9 Å². The Morgan fingerprint density at radius 3 is 1.71 bits per heavy atom. The molecule has 0 amide bonds. The first-order chi connectivity index (χ1) is 11.0. The monoisotopic (exact) mass is 344 g/mol. The third-order valence-corrected chi connectivity index (χ3v) is 4.45. The van der Waals surface area contributed by atoms with Gasteiger partial charge < -0.3 is 10.2 Å². The van der Waals surface area contributed by atoms with Crippen LogP contribution in [0, 0.1) is 10.8 Å². The van der Waals surface area contributed by atoms with Crippen LogP contribution in [0.15, 0.2) is 0 Å². The molecule has 0 saturated heterocycles. The number of carboxylic acid groups (broad SMARTS) is 2. The summed E-state index contributed by atoms with van der Waals surface area (Å²) < 4.78 is 0. The lowest BCUT2D eigenvalue weighted by Gasteiger charge is -2.22. The summed E-state index contributed by atoms with van der Waals surface area (Å²) in [5.41, 5.74) is -0.0988. The van der Waals surface area contributed by atoms with Crippen molar-refractivity contribution in [2.75, 3.05) is 0 Å². The van der Waals surface area contributed by atoms with E-state index in [2.05, 4.69) is 27.7 Å². The van der Waals surface area contributed by atoms with E-state index in [1.165, 1.54) is 6.42 Å². The summed E-state index contributed by atoms with van der Waals surface area (Å²) in [5.74, 6) is -1.33. The van der Waals surface area contributed by atoms with Gasteiger partial charge in [0.2, 0.25) is 0 Å². The predicted molar refractivity (Wildman–Crippen MR) is 100 cm³/mol. The lowest BCUT2D eigenvalue weighted by molar-refractivity contribution is -0.148. The zero-order valence-corrected chi connectivity index (χ0v) is 16.8. The SMILES string of the molecule is CC(C)(C)CCCCCC(=O)O.CCCCCC(C)(CC)C(=O)O. The van der Waals surface area contributed by atoms with Gasteiger partial charge in [0.15, 0.2) is 0 Å². The molecule has 144 valence electrons. The zero-order valence-electron chi connectivity index (χ0n) is 16.8. The average Bonchev–Trinajstić information content (AvgIpc) is 2.46. The van der Waals surface area contributed by atoms with Crippen LogP contribution in [0.4, 0.5) is 0 Å². The molecule has 0 aromatic carbocycles. The van der Waals surface area contributed by atoms with Crippen LogP contribution in [0.5, 0.6) is 0 Å². The highest BCUT2D eigenvalue weighted by Gasteiger charge is 2.29. The predicted octanol–water partition coefficient (Wildman–Crippen LogP) is 6.14. The smallest absolute Gasteiger partial charge is 0.309 e. The second kappa shape index (κ2) is 13.3. The minimum absolute atomic E-state index is 0.324. The first-order valence-electron chi connectivity index (χ1n) is 9.43. The second-order valence-electron chi connectivity index (χ2n) is 8.19. The number of carbonyl (C=O) groups is 2. The van der Waals surface area contributed by atoms with Crippen molar-refractivity contribution in [1.82, 2.24) is 0 Å². The fourth-order valence-corrected chi connectivity index (χ4v) is 2.31. The largest absolute Gasteiger partial charge is 0.481 e. The molecule has 0 aliphatic heterocycles. The van der Waals surface area contributed by atoms with Crippen molar-refractivity contribution < 1.29 is 19.8 Å². The molecule has 1 atom stereocenters. The lowest BCUT2D eigenvalue weighted by Crippen LogP contribution is -2.26. The highest BCUT2D eigenvalue weighted by atomic mass is 16.4. The molecular weight excluding hydrogens is 304 g/mol. The van der Waals surface area contributed by atoms with Crippen LogP contribution in [0.3, 0.4) is 0 Å². The first kappa shape index (κ1) is 25.2. The summed E-state index contributed by atoms with van der Waals surface area (Å²) in [4.78, 5) is 21.0. The summed E-state index contributed by atoms with van der Waals surface area (Å²) in [6.45, 7) is 12.5. The van der Waals surface area contributed by atoms with Crippen LogP contribution in [0.25, 0.3) is 0 Å². The summed E-state index contributed by atoms with van der Waals surface area (Å²) in [6, 6.07) is 0. The van der Waals surface area contributed by atoms with Gasteiger partial charge in [0.1, 0.15) is 0 Å². The Labute approximate surface area is 149 Å². The van der Waals surface area contributed by atoms with E-state index in [4.69, 9.17) is 10.2 Å². The molecular formula is C20H40O4. The van der Waals surface area contributed by atoms with Gasteiger partial charge in [0, 0.05) is 6.42 Å². The van der Waals surface area contributed by atoms with Crippen LogP contribution in [-0.4, -0.2) is 22.2 Å². The molecule has 0 rings (SSSR count). The molecule has 0 heterocycles. The van der Waals surface area contributed by atoms with Gasteiger partial charge in [-0.05, 0) is 38.0 Å². The number of aliphatic carboxylic acids is 2. The van der Waals surface area contributed by atoms with Crippen LogP contribution in [-0.2, 0) is 9.59 Å². The Bertz CT molecular complexity index is 344. The minimum Gasteiger partial charge on any atom is -0.481 e. The standard InChI is InChI=1S/2C10H20O2/c1-10(2,3)8-6-4-5-7-9(11)12;1-4-6-7-8-10(3,5-2)9(11)12/h2*4-8H2,1-3H3,(H,11,12). The number of hydrogen-bond acceptors (Lipinski definition) is 2. The van der Waals surface area contributed by atoms with Crippen LogP contribution in [0.1, 0.15) is 106 Å². The van der Waals surface area contributed by atoms with Crippen molar-refractivity contribution >= 4 is 11.9 Å². The number of rotatable bonds is 11. The fourth-order valence-electron chi connectivity index (χ4n) is 2.31. The molecule has 0 saturated carbocycles. The van der Waals surface area contributed by atoms with E-state index >= 15 is 0 Å². The molecule has 0 radical (unpaired) electrons. The van der Waals surface area contributed by atoms with Gasteiger partial charge in [-0.15, -0.1) is 0 Å². The maximum atomic E-state index is 10.8. The maximum absolute atomic E-state index is 10.8.